The summed E-state index contributed by atoms with van der Waals surface area (Å²) in [5.41, 5.74) is 7.99. The highest BCUT2D eigenvalue weighted by Crippen LogP contribution is 2.31. The Morgan fingerprint density at radius 1 is 1.47 bits per heavy atom. The standard InChI is InChI=1S/C10H13N3O3S/c1-15-6-3-8(14)7(9(4-6)16-2)5-12-13-10(11)17/h3-5,14H,1-2H3,(H3,11,13,17)/b12-5-. The zero-order valence-electron chi connectivity index (χ0n) is 9.43. The van der Waals surface area contributed by atoms with Crippen LogP contribution in [0.25, 0.3) is 0 Å². The molecule has 17 heavy (non-hydrogen) atoms. The maximum absolute atomic E-state index is 9.76. The van der Waals surface area contributed by atoms with E-state index in [4.69, 9.17) is 15.2 Å². The number of aromatic hydroxyl groups is 1. The third-order valence-corrected chi connectivity index (χ3v) is 2.01. The van der Waals surface area contributed by atoms with Gasteiger partial charge in [-0.2, -0.15) is 5.10 Å². The number of ether oxygens (including phenoxy) is 2. The van der Waals surface area contributed by atoms with Crippen LogP contribution in [0.1, 0.15) is 5.56 Å². The SMILES string of the molecule is COc1cc(O)c(/C=N\NC(N)=S)c(OC)c1. The molecule has 6 nitrogen and oxygen atoms in total. The number of nitrogens with zero attached hydrogens (tertiary/aromatic N) is 1. The number of methoxy groups -OCH3 is 2. The number of hydrazone groups is 1. The van der Waals surface area contributed by atoms with Gasteiger partial charge in [0.15, 0.2) is 5.11 Å². The van der Waals surface area contributed by atoms with E-state index in [2.05, 4.69) is 22.7 Å². The third kappa shape index (κ3) is 3.49. The van der Waals surface area contributed by atoms with E-state index in [0.29, 0.717) is 17.1 Å². The molecule has 0 unspecified atom stereocenters. The number of rotatable bonds is 4. The van der Waals surface area contributed by atoms with E-state index < -0.39 is 0 Å². The van der Waals surface area contributed by atoms with Crippen LogP contribution in [-0.4, -0.2) is 30.7 Å². The van der Waals surface area contributed by atoms with Gasteiger partial charge in [0.1, 0.15) is 17.2 Å². The number of benzene rings is 1. The summed E-state index contributed by atoms with van der Waals surface area (Å²) < 4.78 is 10.1. The fourth-order valence-corrected chi connectivity index (χ4v) is 1.22. The van der Waals surface area contributed by atoms with Gasteiger partial charge in [-0.1, -0.05) is 0 Å². The molecule has 0 saturated carbocycles. The first kappa shape index (κ1) is 13.0. The predicted octanol–water partition coefficient (Wildman–Crippen LogP) is 0.577. The van der Waals surface area contributed by atoms with Crippen LogP contribution in [0.3, 0.4) is 0 Å². The number of hydrogen-bond donors (Lipinski definition) is 3. The van der Waals surface area contributed by atoms with E-state index in [9.17, 15) is 5.11 Å². The summed E-state index contributed by atoms with van der Waals surface area (Å²) >= 11 is 4.58. The fraction of sp³-hybridized carbons (Fsp3) is 0.200. The molecule has 1 aromatic carbocycles. The predicted molar refractivity (Wildman–Crippen MR) is 68.7 cm³/mol. The van der Waals surface area contributed by atoms with Crippen molar-refractivity contribution in [1.29, 1.82) is 0 Å². The van der Waals surface area contributed by atoms with E-state index in [-0.39, 0.29) is 10.9 Å². The first-order valence-corrected chi connectivity index (χ1v) is 5.02. The van der Waals surface area contributed by atoms with Crippen LogP contribution >= 0.6 is 12.2 Å². The van der Waals surface area contributed by atoms with E-state index in [1.165, 1.54) is 26.5 Å². The number of nitrogens with two attached hydrogens (primary N) is 1. The summed E-state index contributed by atoms with van der Waals surface area (Å²) in [6, 6.07) is 3.08. The molecule has 0 heterocycles. The van der Waals surface area contributed by atoms with Gasteiger partial charge in [-0.15, -0.1) is 0 Å². The molecule has 1 aromatic rings. The van der Waals surface area contributed by atoms with Crippen molar-refractivity contribution in [3.8, 4) is 17.2 Å². The van der Waals surface area contributed by atoms with Crippen LogP contribution in [0.15, 0.2) is 17.2 Å². The molecular formula is C10H13N3O3S. The number of phenolic OH excluding ortho intramolecular Hbond substituents is 1. The van der Waals surface area contributed by atoms with Crippen molar-refractivity contribution in [1.82, 2.24) is 5.43 Å². The third-order valence-electron chi connectivity index (χ3n) is 1.92. The lowest BCUT2D eigenvalue weighted by molar-refractivity contribution is 0.384. The molecule has 0 aliphatic rings. The van der Waals surface area contributed by atoms with Crippen molar-refractivity contribution < 1.29 is 14.6 Å². The molecule has 92 valence electrons. The van der Waals surface area contributed by atoms with Crippen molar-refractivity contribution in [2.24, 2.45) is 10.8 Å². The van der Waals surface area contributed by atoms with E-state index in [0.717, 1.165) is 0 Å². The zero-order valence-corrected chi connectivity index (χ0v) is 10.2. The second-order valence-electron chi connectivity index (χ2n) is 3.00. The second kappa shape index (κ2) is 5.90. The summed E-state index contributed by atoms with van der Waals surface area (Å²) in [5.74, 6) is 0.892. The Kier molecular flexibility index (Phi) is 4.53. The summed E-state index contributed by atoms with van der Waals surface area (Å²) in [7, 11) is 2.98. The molecule has 4 N–H and O–H groups in total. The highest BCUT2D eigenvalue weighted by Gasteiger charge is 2.09. The molecular weight excluding hydrogens is 242 g/mol. The summed E-state index contributed by atoms with van der Waals surface area (Å²) in [6.07, 6.45) is 1.35. The zero-order chi connectivity index (χ0) is 12.8. The van der Waals surface area contributed by atoms with E-state index in [1.807, 2.05) is 0 Å². The minimum absolute atomic E-state index is 0.0188. The molecule has 0 atom stereocenters. The van der Waals surface area contributed by atoms with Crippen LogP contribution in [0, 0.1) is 0 Å². The first-order valence-electron chi connectivity index (χ1n) is 4.62. The average molecular weight is 255 g/mol. The van der Waals surface area contributed by atoms with E-state index >= 15 is 0 Å². The minimum Gasteiger partial charge on any atom is -0.507 e. The maximum atomic E-state index is 9.76. The lowest BCUT2D eigenvalue weighted by atomic mass is 10.2. The normalized spacial score (nSPS) is 10.2. The Morgan fingerprint density at radius 2 is 2.18 bits per heavy atom. The van der Waals surface area contributed by atoms with Crippen LogP contribution in [-0.2, 0) is 0 Å². The van der Waals surface area contributed by atoms with Crippen molar-refractivity contribution >= 4 is 23.5 Å². The highest BCUT2D eigenvalue weighted by atomic mass is 32.1. The smallest absolute Gasteiger partial charge is 0.184 e. The van der Waals surface area contributed by atoms with Gasteiger partial charge in [0, 0.05) is 12.1 Å². The van der Waals surface area contributed by atoms with Crippen LogP contribution in [0.4, 0.5) is 0 Å². The maximum Gasteiger partial charge on any atom is 0.184 e. The fourth-order valence-electron chi connectivity index (χ4n) is 1.16. The molecule has 0 bridgehead atoms. The van der Waals surface area contributed by atoms with Crippen molar-refractivity contribution in [3.05, 3.63) is 17.7 Å². The Balaban J connectivity index is 3.05. The van der Waals surface area contributed by atoms with Gasteiger partial charge in [-0.05, 0) is 12.2 Å². The number of thiocarbonyl (C=S) groups is 1. The number of phenols is 1. The van der Waals surface area contributed by atoms with Gasteiger partial charge in [-0.25, -0.2) is 0 Å². The monoisotopic (exact) mass is 255 g/mol. The van der Waals surface area contributed by atoms with Crippen LogP contribution in [0.5, 0.6) is 17.2 Å². The van der Waals surface area contributed by atoms with Crippen LogP contribution in [0.2, 0.25) is 0 Å². The molecule has 0 radical (unpaired) electrons. The lowest BCUT2D eigenvalue weighted by Gasteiger charge is -2.09. The summed E-state index contributed by atoms with van der Waals surface area (Å²) in [5, 5.41) is 13.5. The van der Waals surface area contributed by atoms with Gasteiger partial charge >= 0.3 is 0 Å². The van der Waals surface area contributed by atoms with Crippen LogP contribution < -0.4 is 20.6 Å². The van der Waals surface area contributed by atoms with Crippen molar-refractivity contribution in [3.63, 3.8) is 0 Å². The van der Waals surface area contributed by atoms with Gasteiger partial charge in [-0.3, -0.25) is 5.43 Å². The largest absolute Gasteiger partial charge is 0.507 e. The Bertz CT molecular complexity index is 449. The molecule has 0 spiro atoms. The number of nitrogens with one attached hydrogen (secondary N) is 1. The molecule has 0 amide bonds. The molecule has 0 aliphatic carbocycles. The van der Waals surface area contributed by atoms with E-state index in [1.54, 1.807) is 6.07 Å². The lowest BCUT2D eigenvalue weighted by Crippen LogP contribution is -2.24. The Labute approximate surface area is 104 Å². The molecule has 0 fully saturated rings. The Morgan fingerprint density at radius 3 is 2.71 bits per heavy atom. The van der Waals surface area contributed by atoms with Crippen molar-refractivity contribution in [2.45, 2.75) is 0 Å². The first-order chi connectivity index (χ1) is 8.08. The quantitative estimate of drug-likeness (QED) is 0.414. The summed E-state index contributed by atoms with van der Waals surface area (Å²) in [4.78, 5) is 0. The van der Waals surface area contributed by atoms with Gasteiger partial charge in [0.05, 0.1) is 26.0 Å². The molecule has 0 aromatic heterocycles. The second-order valence-corrected chi connectivity index (χ2v) is 3.44. The van der Waals surface area contributed by atoms with Crippen molar-refractivity contribution in [2.75, 3.05) is 14.2 Å². The topological polar surface area (TPSA) is 89.1 Å². The van der Waals surface area contributed by atoms with Gasteiger partial charge < -0.3 is 20.3 Å². The van der Waals surface area contributed by atoms with Gasteiger partial charge in [0.25, 0.3) is 0 Å². The molecule has 1 rings (SSSR count). The molecule has 0 aliphatic heterocycles. The Hall–Kier alpha value is -2.02. The minimum atomic E-state index is -0.0188. The average Bonchev–Trinajstić information content (AvgIpc) is 2.30. The van der Waals surface area contributed by atoms with Gasteiger partial charge in [0.2, 0.25) is 0 Å². The highest BCUT2D eigenvalue weighted by molar-refractivity contribution is 7.80. The molecule has 7 heteroatoms. The summed E-state index contributed by atoms with van der Waals surface area (Å²) in [6.45, 7) is 0. The molecule has 0 saturated heterocycles. The number of hydrogen-bond acceptors (Lipinski definition) is 5.